The molecule has 0 bridgehead atoms. The van der Waals surface area contributed by atoms with Crippen LogP contribution in [0, 0.1) is 0 Å². The lowest BCUT2D eigenvalue weighted by Gasteiger charge is -2.14. The van der Waals surface area contributed by atoms with Gasteiger partial charge >= 0.3 is 0 Å². The van der Waals surface area contributed by atoms with Crippen LogP contribution in [0.1, 0.15) is 40.1 Å². The highest BCUT2D eigenvalue weighted by molar-refractivity contribution is 6.05. The first-order chi connectivity index (χ1) is 17.0. The molecule has 0 aliphatic carbocycles. The summed E-state index contributed by atoms with van der Waals surface area (Å²) in [6.07, 6.45) is 0. The Morgan fingerprint density at radius 2 is 1.49 bits per heavy atom. The van der Waals surface area contributed by atoms with Crippen molar-refractivity contribution in [1.29, 1.82) is 0 Å². The molecule has 4 rings (SSSR count). The zero-order valence-corrected chi connectivity index (χ0v) is 19.8. The molecule has 1 amide bonds. The molecule has 0 saturated carbocycles. The van der Waals surface area contributed by atoms with Gasteiger partial charge in [0, 0.05) is 22.4 Å². The Labute approximate surface area is 205 Å². The van der Waals surface area contributed by atoms with Gasteiger partial charge in [-0.05, 0) is 67.4 Å². The van der Waals surface area contributed by atoms with E-state index in [0.29, 0.717) is 29.2 Å². The number of rotatable bonds is 9. The molecule has 0 fully saturated rings. The Bertz CT molecular complexity index is 1310. The van der Waals surface area contributed by atoms with Crippen molar-refractivity contribution < 1.29 is 19.1 Å². The minimum atomic E-state index is -0.276. The van der Waals surface area contributed by atoms with Crippen LogP contribution < -0.4 is 14.8 Å². The second kappa shape index (κ2) is 11.2. The van der Waals surface area contributed by atoms with Gasteiger partial charge < -0.3 is 14.8 Å². The van der Waals surface area contributed by atoms with E-state index >= 15 is 0 Å². The lowest BCUT2D eigenvalue weighted by Crippen LogP contribution is -2.13. The zero-order valence-electron chi connectivity index (χ0n) is 19.8. The molecule has 4 aromatic rings. The molecule has 0 heterocycles. The van der Waals surface area contributed by atoms with Crippen molar-refractivity contribution in [3.8, 4) is 22.6 Å². The summed E-state index contributed by atoms with van der Waals surface area (Å²) in [6, 6.07) is 30.2. The highest BCUT2D eigenvalue weighted by Crippen LogP contribution is 2.26. The number of ether oxygens (including phenoxy) is 2. The number of nitrogens with one attached hydrogen (secondary N) is 1. The number of carbonyl (C=O) groups is 2. The van der Waals surface area contributed by atoms with Crippen molar-refractivity contribution in [3.05, 3.63) is 114 Å². The van der Waals surface area contributed by atoms with Gasteiger partial charge in [0.15, 0.2) is 5.78 Å². The van der Waals surface area contributed by atoms with Gasteiger partial charge in [0.1, 0.15) is 18.1 Å². The van der Waals surface area contributed by atoms with Gasteiger partial charge in [-0.1, -0.05) is 54.6 Å². The first-order valence-corrected chi connectivity index (χ1v) is 11.5. The highest BCUT2D eigenvalue weighted by atomic mass is 16.5. The molecule has 5 nitrogen and oxygen atoms in total. The second-order valence-corrected chi connectivity index (χ2v) is 8.03. The fourth-order valence-corrected chi connectivity index (χ4v) is 3.68. The molecule has 0 aliphatic rings. The van der Waals surface area contributed by atoms with Gasteiger partial charge in [0.2, 0.25) is 0 Å². The number of benzene rings is 4. The van der Waals surface area contributed by atoms with Gasteiger partial charge in [-0.25, -0.2) is 0 Å². The van der Waals surface area contributed by atoms with Crippen LogP contribution in [0.3, 0.4) is 0 Å². The van der Waals surface area contributed by atoms with E-state index in [-0.39, 0.29) is 18.3 Å². The predicted octanol–water partition coefficient (Wildman–Crippen LogP) is 6.79. The number of amides is 1. The summed E-state index contributed by atoms with van der Waals surface area (Å²) in [4.78, 5) is 24.5. The summed E-state index contributed by atoms with van der Waals surface area (Å²) in [7, 11) is 0. The van der Waals surface area contributed by atoms with Crippen LogP contribution in [-0.2, 0) is 6.61 Å². The average molecular weight is 466 g/mol. The van der Waals surface area contributed by atoms with Crippen LogP contribution in [0.4, 0.5) is 5.69 Å². The fourth-order valence-electron chi connectivity index (χ4n) is 3.68. The number of hydrogen-bond donors (Lipinski definition) is 1. The van der Waals surface area contributed by atoms with Gasteiger partial charge in [0.05, 0.1) is 6.61 Å². The molecule has 0 unspecified atom stereocenters. The van der Waals surface area contributed by atoms with Crippen LogP contribution in [0.25, 0.3) is 11.1 Å². The molecule has 5 heteroatoms. The SMILES string of the molecule is CCOc1ccc(C(=O)Nc2cccc(C(C)=O)c2)cc1COc1ccc(-c2ccccc2)cc1. The van der Waals surface area contributed by atoms with E-state index in [4.69, 9.17) is 9.47 Å². The van der Waals surface area contributed by atoms with Gasteiger partial charge in [-0.3, -0.25) is 9.59 Å². The number of anilines is 1. The first kappa shape index (κ1) is 23.8. The third-order valence-corrected chi connectivity index (χ3v) is 5.51. The Balaban J connectivity index is 1.48. The Morgan fingerprint density at radius 1 is 0.743 bits per heavy atom. The maximum Gasteiger partial charge on any atom is 0.255 e. The largest absolute Gasteiger partial charge is 0.493 e. The molecular weight excluding hydrogens is 438 g/mol. The highest BCUT2D eigenvalue weighted by Gasteiger charge is 2.13. The van der Waals surface area contributed by atoms with Crippen molar-refractivity contribution >= 4 is 17.4 Å². The van der Waals surface area contributed by atoms with Crippen molar-refractivity contribution in [2.45, 2.75) is 20.5 Å². The molecule has 0 aromatic heterocycles. The maximum absolute atomic E-state index is 12.9. The normalized spacial score (nSPS) is 10.5. The van der Waals surface area contributed by atoms with E-state index in [1.807, 2.05) is 49.4 Å². The Kier molecular flexibility index (Phi) is 7.58. The lowest BCUT2D eigenvalue weighted by atomic mass is 10.1. The first-order valence-electron chi connectivity index (χ1n) is 11.5. The molecular formula is C30H27NO4. The third-order valence-electron chi connectivity index (χ3n) is 5.51. The molecule has 0 saturated heterocycles. The molecule has 0 atom stereocenters. The standard InChI is InChI=1S/C30H27NO4/c1-3-34-29-17-14-25(30(33)31-27-11-7-10-24(19-27)21(2)32)18-26(29)20-35-28-15-12-23(13-16-28)22-8-5-4-6-9-22/h4-19H,3,20H2,1-2H3,(H,31,33). The van der Waals surface area contributed by atoms with Crippen LogP contribution in [-0.4, -0.2) is 18.3 Å². The molecule has 176 valence electrons. The number of hydrogen-bond acceptors (Lipinski definition) is 4. The lowest BCUT2D eigenvalue weighted by molar-refractivity contribution is 0.101. The molecule has 4 aromatic carbocycles. The summed E-state index contributed by atoms with van der Waals surface area (Å²) in [5, 5.41) is 2.85. The van der Waals surface area contributed by atoms with Gasteiger partial charge in [-0.15, -0.1) is 0 Å². The minimum Gasteiger partial charge on any atom is -0.493 e. The van der Waals surface area contributed by atoms with Crippen molar-refractivity contribution in [2.24, 2.45) is 0 Å². The molecule has 1 N–H and O–H groups in total. The summed E-state index contributed by atoms with van der Waals surface area (Å²) in [6.45, 7) is 4.16. The fraction of sp³-hybridized carbons (Fsp3) is 0.133. The summed E-state index contributed by atoms with van der Waals surface area (Å²) in [5.41, 5.74) is 4.60. The Hall–Kier alpha value is -4.38. The van der Waals surface area contributed by atoms with E-state index in [1.54, 1.807) is 42.5 Å². The molecule has 0 radical (unpaired) electrons. The average Bonchev–Trinajstić information content (AvgIpc) is 2.89. The zero-order chi connectivity index (χ0) is 24.6. The van der Waals surface area contributed by atoms with Crippen LogP contribution in [0.15, 0.2) is 97.1 Å². The van der Waals surface area contributed by atoms with E-state index in [2.05, 4.69) is 17.4 Å². The monoisotopic (exact) mass is 465 g/mol. The minimum absolute atomic E-state index is 0.0570. The van der Waals surface area contributed by atoms with Crippen molar-refractivity contribution in [3.63, 3.8) is 0 Å². The molecule has 35 heavy (non-hydrogen) atoms. The van der Waals surface area contributed by atoms with E-state index in [0.717, 1.165) is 22.4 Å². The molecule has 0 spiro atoms. The third kappa shape index (κ3) is 6.15. The smallest absolute Gasteiger partial charge is 0.255 e. The topological polar surface area (TPSA) is 64.6 Å². The number of carbonyl (C=O) groups excluding carboxylic acids is 2. The molecule has 0 aliphatic heterocycles. The second-order valence-electron chi connectivity index (χ2n) is 8.03. The van der Waals surface area contributed by atoms with Crippen LogP contribution in [0.5, 0.6) is 11.5 Å². The summed E-state index contributed by atoms with van der Waals surface area (Å²) in [5.74, 6) is 1.06. The maximum atomic E-state index is 12.9. The van der Waals surface area contributed by atoms with Crippen LogP contribution in [0.2, 0.25) is 0 Å². The summed E-state index contributed by atoms with van der Waals surface area (Å²) < 4.78 is 11.8. The van der Waals surface area contributed by atoms with E-state index in [9.17, 15) is 9.59 Å². The number of Topliss-reactive ketones (excluding diaryl/α,β-unsaturated/α-hetero) is 1. The van der Waals surface area contributed by atoms with Gasteiger partial charge in [-0.2, -0.15) is 0 Å². The summed E-state index contributed by atoms with van der Waals surface area (Å²) >= 11 is 0. The van der Waals surface area contributed by atoms with Crippen molar-refractivity contribution in [1.82, 2.24) is 0 Å². The van der Waals surface area contributed by atoms with E-state index < -0.39 is 0 Å². The van der Waals surface area contributed by atoms with Crippen LogP contribution >= 0.6 is 0 Å². The van der Waals surface area contributed by atoms with Gasteiger partial charge in [0.25, 0.3) is 5.91 Å². The van der Waals surface area contributed by atoms with E-state index in [1.165, 1.54) is 6.92 Å². The number of ketones is 1. The Morgan fingerprint density at radius 3 is 2.20 bits per heavy atom. The quantitative estimate of drug-likeness (QED) is 0.277. The van der Waals surface area contributed by atoms with Crippen molar-refractivity contribution in [2.75, 3.05) is 11.9 Å². The predicted molar refractivity (Wildman–Crippen MR) is 138 cm³/mol.